The molecule has 0 aromatic carbocycles. The first-order valence-corrected chi connectivity index (χ1v) is 5.55. The van der Waals surface area contributed by atoms with Gasteiger partial charge in [0.05, 0.1) is 10.9 Å². The first kappa shape index (κ1) is 11.4. The molecule has 1 aliphatic rings. The van der Waals surface area contributed by atoms with Gasteiger partial charge in [-0.3, -0.25) is 4.79 Å². The van der Waals surface area contributed by atoms with Crippen molar-refractivity contribution in [2.24, 2.45) is 17.6 Å². The summed E-state index contributed by atoms with van der Waals surface area (Å²) in [7, 11) is 0. The smallest absolute Gasteiger partial charge is 0.232 e. The minimum atomic E-state index is -0.254. The Morgan fingerprint density at radius 2 is 2.36 bits per heavy atom. The summed E-state index contributed by atoms with van der Waals surface area (Å²) in [6.45, 7) is 5.83. The van der Waals surface area contributed by atoms with Gasteiger partial charge in [-0.1, -0.05) is 26.1 Å². The highest BCUT2D eigenvalue weighted by Crippen LogP contribution is 2.18. The molecule has 0 saturated carbocycles. The third-order valence-corrected chi connectivity index (χ3v) is 3.07. The van der Waals surface area contributed by atoms with E-state index >= 15 is 0 Å². The van der Waals surface area contributed by atoms with E-state index in [1.807, 2.05) is 11.8 Å². The second kappa shape index (κ2) is 4.73. The zero-order valence-corrected chi connectivity index (χ0v) is 9.64. The van der Waals surface area contributed by atoms with Gasteiger partial charge in [0.2, 0.25) is 5.91 Å². The van der Waals surface area contributed by atoms with E-state index < -0.39 is 0 Å². The number of thiocarbonyl (C=S) groups is 1. The summed E-state index contributed by atoms with van der Waals surface area (Å²) in [5, 5.41) is 0. The van der Waals surface area contributed by atoms with Crippen LogP contribution in [0.1, 0.15) is 26.7 Å². The molecule has 1 fully saturated rings. The monoisotopic (exact) mass is 214 g/mol. The van der Waals surface area contributed by atoms with Crippen molar-refractivity contribution in [2.45, 2.75) is 26.7 Å². The third kappa shape index (κ3) is 2.44. The number of rotatable bonds is 3. The number of nitrogens with zero attached hydrogens (tertiary/aromatic N) is 1. The predicted octanol–water partition coefficient (Wildman–Crippen LogP) is 1.17. The van der Waals surface area contributed by atoms with Crippen LogP contribution in [0.4, 0.5) is 0 Å². The molecule has 0 aliphatic carbocycles. The predicted molar refractivity (Wildman–Crippen MR) is 60.9 cm³/mol. The van der Waals surface area contributed by atoms with Crippen molar-refractivity contribution in [2.75, 3.05) is 13.1 Å². The van der Waals surface area contributed by atoms with Crippen LogP contribution in [-0.4, -0.2) is 28.9 Å². The molecule has 1 aliphatic heterocycles. The largest absolute Gasteiger partial charge is 0.393 e. The average Bonchev–Trinajstić information content (AvgIpc) is 2.52. The van der Waals surface area contributed by atoms with E-state index in [4.69, 9.17) is 18.0 Å². The van der Waals surface area contributed by atoms with Crippen molar-refractivity contribution in [3.8, 4) is 0 Å². The van der Waals surface area contributed by atoms with Gasteiger partial charge in [0.15, 0.2) is 0 Å². The number of hydrogen-bond acceptors (Lipinski definition) is 2. The fraction of sp³-hybridized carbons (Fsp3) is 0.800. The SMILES string of the molecule is CCC(C(=O)N1CCC(C)C1)C(N)=S. The lowest BCUT2D eigenvalue weighted by Gasteiger charge is -2.21. The summed E-state index contributed by atoms with van der Waals surface area (Å²) < 4.78 is 0. The normalized spacial score (nSPS) is 23.6. The van der Waals surface area contributed by atoms with Crippen LogP contribution in [0, 0.1) is 11.8 Å². The molecule has 2 unspecified atom stereocenters. The van der Waals surface area contributed by atoms with Crippen LogP contribution in [-0.2, 0) is 4.79 Å². The molecule has 80 valence electrons. The average molecular weight is 214 g/mol. The van der Waals surface area contributed by atoms with E-state index in [1.54, 1.807) is 0 Å². The summed E-state index contributed by atoms with van der Waals surface area (Å²) >= 11 is 4.89. The zero-order valence-electron chi connectivity index (χ0n) is 8.82. The van der Waals surface area contributed by atoms with Crippen LogP contribution in [0.2, 0.25) is 0 Å². The number of amides is 1. The highest BCUT2D eigenvalue weighted by molar-refractivity contribution is 7.80. The van der Waals surface area contributed by atoms with Crippen LogP contribution in [0.15, 0.2) is 0 Å². The lowest BCUT2D eigenvalue weighted by Crippen LogP contribution is -2.39. The van der Waals surface area contributed by atoms with E-state index in [0.29, 0.717) is 17.3 Å². The van der Waals surface area contributed by atoms with Crippen LogP contribution in [0.3, 0.4) is 0 Å². The number of carbonyl (C=O) groups is 1. The maximum Gasteiger partial charge on any atom is 0.232 e. The Kier molecular flexibility index (Phi) is 3.86. The molecule has 1 saturated heterocycles. The first-order valence-electron chi connectivity index (χ1n) is 5.14. The molecule has 2 atom stereocenters. The topological polar surface area (TPSA) is 46.3 Å². The van der Waals surface area contributed by atoms with Crippen LogP contribution in [0.25, 0.3) is 0 Å². The maximum absolute atomic E-state index is 11.9. The van der Waals surface area contributed by atoms with E-state index in [9.17, 15) is 4.79 Å². The zero-order chi connectivity index (χ0) is 10.7. The Bertz CT molecular complexity index is 242. The summed E-state index contributed by atoms with van der Waals surface area (Å²) in [6.07, 6.45) is 1.80. The highest BCUT2D eigenvalue weighted by atomic mass is 32.1. The van der Waals surface area contributed by atoms with Gasteiger partial charge in [-0.05, 0) is 18.8 Å². The van der Waals surface area contributed by atoms with E-state index in [2.05, 4.69) is 6.92 Å². The second-order valence-corrected chi connectivity index (χ2v) is 4.51. The maximum atomic E-state index is 11.9. The van der Waals surface area contributed by atoms with Gasteiger partial charge in [-0.25, -0.2) is 0 Å². The summed E-state index contributed by atoms with van der Waals surface area (Å²) in [5.74, 6) is 0.474. The molecular formula is C10H18N2OS. The van der Waals surface area contributed by atoms with Crippen molar-refractivity contribution in [1.29, 1.82) is 0 Å². The molecule has 3 nitrogen and oxygen atoms in total. The van der Waals surface area contributed by atoms with Gasteiger partial charge in [0.1, 0.15) is 0 Å². The quantitative estimate of drug-likeness (QED) is 0.717. The molecule has 1 heterocycles. The number of likely N-dealkylation sites (tertiary alicyclic amines) is 1. The fourth-order valence-corrected chi connectivity index (χ4v) is 2.12. The minimum Gasteiger partial charge on any atom is -0.393 e. The third-order valence-electron chi connectivity index (χ3n) is 2.79. The Hall–Kier alpha value is -0.640. The standard InChI is InChI=1S/C10H18N2OS/c1-3-8(9(11)14)10(13)12-5-4-7(2)6-12/h7-8H,3-6H2,1-2H3,(H2,11,14). The minimum absolute atomic E-state index is 0.115. The van der Waals surface area contributed by atoms with Crippen LogP contribution in [0.5, 0.6) is 0 Å². The fourth-order valence-electron chi connectivity index (χ4n) is 1.85. The van der Waals surface area contributed by atoms with E-state index in [0.717, 1.165) is 19.5 Å². The lowest BCUT2D eigenvalue weighted by molar-refractivity contribution is -0.132. The molecule has 1 rings (SSSR count). The molecule has 0 spiro atoms. The van der Waals surface area contributed by atoms with Crippen LogP contribution < -0.4 is 5.73 Å². The molecule has 2 N–H and O–H groups in total. The van der Waals surface area contributed by atoms with Gasteiger partial charge in [0.25, 0.3) is 0 Å². The summed E-state index contributed by atoms with van der Waals surface area (Å²) in [5.41, 5.74) is 5.53. The van der Waals surface area contributed by atoms with Gasteiger partial charge >= 0.3 is 0 Å². The van der Waals surface area contributed by atoms with Crippen molar-refractivity contribution in [1.82, 2.24) is 4.90 Å². The molecular weight excluding hydrogens is 196 g/mol. The Labute approximate surface area is 90.6 Å². The Balaban J connectivity index is 2.59. The first-order chi connectivity index (χ1) is 6.56. The van der Waals surface area contributed by atoms with Crippen molar-refractivity contribution in [3.05, 3.63) is 0 Å². The van der Waals surface area contributed by atoms with Gasteiger partial charge in [-0.15, -0.1) is 0 Å². The Morgan fingerprint density at radius 1 is 1.71 bits per heavy atom. The highest BCUT2D eigenvalue weighted by Gasteiger charge is 2.29. The van der Waals surface area contributed by atoms with Gasteiger partial charge < -0.3 is 10.6 Å². The molecule has 1 amide bonds. The van der Waals surface area contributed by atoms with E-state index in [-0.39, 0.29) is 11.8 Å². The lowest BCUT2D eigenvalue weighted by atomic mass is 10.1. The number of hydrogen-bond donors (Lipinski definition) is 1. The molecule has 4 heteroatoms. The van der Waals surface area contributed by atoms with Crippen molar-refractivity contribution in [3.63, 3.8) is 0 Å². The molecule has 0 aromatic heterocycles. The Morgan fingerprint density at radius 3 is 2.71 bits per heavy atom. The van der Waals surface area contributed by atoms with E-state index in [1.165, 1.54) is 0 Å². The summed E-state index contributed by atoms with van der Waals surface area (Å²) in [4.78, 5) is 14.1. The van der Waals surface area contributed by atoms with Gasteiger partial charge in [-0.2, -0.15) is 0 Å². The van der Waals surface area contributed by atoms with Crippen molar-refractivity contribution >= 4 is 23.1 Å². The molecule has 0 bridgehead atoms. The molecule has 14 heavy (non-hydrogen) atoms. The molecule has 0 aromatic rings. The summed E-state index contributed by atoms with van der Waals surface area (Å²) in [6, 6.07) is 0. The van der Waals surface area contributed by atoms with Crippen molar-refractivity contribution < 1.29 is 4.79 Å². The molecule has 0 radical (unpaired) electrons. The number of carbonyl (C=O) groups excluding carboxylic acids is 1. The number of nitrogens with two attached hydrogens (primary N) is 1. The van der Waals surface area contributed by atoms with Crippen LogP contribution >= 0.6 is 12.2 Å². The van der Waals surface area contributed by atoms with Gasteiger partial charge in [0, 0.05) is 13.1 Å². The second-order valence-electron chi connectivity index (χ2n) is 4.04.